The molecule has 1 heterocycles. The number of nitrogens with zero attached hydrogens (tertiary/aromatic N) is 1. The molecule has 34 heavy (non-hydrogen) atoms. The Hall–Kier alpha value is -2.46. The van der Waals surface area contributed by atoms with Gasteiger partial charge in [0.05, 0.1) is 5.69 Å². The Balaban J connectivity index is 1.77. The molecule has 0 spiro atoms. The Kier molecular flexibility index (Phi) is 9.88. The first-order valence-corrected chi connectivity index (χ1v) is 14.1. The van der Waals surface area contributed by atoms with Gasteiger partial charge in [0.25, 0.3) is 0 Å². The third kappa shape index (κ3) is 8.39. The summed E-state index contributed by atoms with van der Waals surface area (Å²) in [6.07, 6.45) is 8.85. The topological polar surface area (TPSA) is 90.7 Å². The van der Waals surface area contributed by atoms with E-state index in [1.165, 1.54) is 31.2 Å². The summed E-state index contributed by atoms with van der Waals surface area (Å²) in [5.74, 6) is 0.204. The molecule has 0 saturated carbocycles. The van der Waals surface area contributed by atoms with Crippen LogP contribution in [0.1, 0.15) is 63.1 Å². The predicted octanol–water partition coefficient (Wildman–Crippen LogP) is 7.13. The summed E-state index contributed by atoms with van der Waals surface area (Å²) in [7, 11) is -3.92. The molecule has 3 aromatic rings. The number of pyridine rings is 1. The predicted molar refractivity (Wildman–Crippen MR) is 139 cm³/mol. The first-order valence-electron chi connectivity index (χ1n) is 12.3. The lowest BCUT2D eigenvalue weighted by molar-refractivity contribution is 0.371. The zero-order valence-electron chi connectivity index (χ0n) is 20.0. The highest BCUT2D eigenvalue weighted by Gasteiger charge is 2.13. The molecule has 2 aromatic carbocycles. The van der Waals surface area contributed by atoms with Gasteiger partial charge in [-0.25, -0.2) is 0 Å². The zero-order valence-corrected chi connectivity index (χ0v) is 20.9. The van der Waals surface area contributed by atoms with Crippen LogP contribution in [0.3, 0.4) is 0 Å². The lowest BCUT2D eigenvalue weighted by Crippen LogP contribution is -1.97. The minimum Gasteiger partial charge on any atom is -0.508 e. The fraction of sp³-hybridized carbons (Fsp3) is 0.393. The van der Waals surface area contributed by atoms with Crippen LogP contribution in [0.15, 0.2) is 60.7 Å². The van der Waals surface area contributed by atoms with Crippen molar-refractivity contribution in [2.75, 3.05) is 6.16 Å². The van der Waals surface area contributed by atoms with Gasteiger partial charge in [-0.3, -0.25) is 9.55 Å². The number of aromatic nitrogens is 1. The average molecular weight is 482 g/mol. The number of benzene rings is 2. The highest BCUT2D eigenvalue weighted by molar-refractivity contribution is 7.51. The monoisotopic (exact) mass is 481 g/mol. The highest BCUT2D eigenvalue weighted by atomic mass is 31.2. The van der Waals surface area contributed by atoms with Gasteiger partial charge in [0, 0.05) is 23.0 Å². The molecule has 0 unspecified atom stereocenters. The van der Waals surface area contributed by atoms with E-state index in [9.17, 15) is 9.67 Å². The number of phenols is 1. The van der Waals surface area contributed by atoms with E-state index >= 15 is 0 Å². The first-order chi connectivity index (χ1) is 16.4. The second kappa shape index (κ2) is 12.9. The molecule has 0 amide bonds. The molecule has 182 valence electrons. The van der Waals surface area contributed by atoms with E-state index in [4.69, 9.17) is 14.8 Å². The van der Waals surface area contributed by atoms with E-state index in [1.807, 2.05) is 18.2 Å². The van der Waals surface area contributed by atoms with Crippen LogP contribution >= 0.6 is 7.60 Å². The van der Waals surface area contributed by atoms with Crippen LogP contribution in [0.2, 0.25) is 0 Å². The maximum atomic E-state index is 11.0. The minimum absolute atomic E-state index is 0.0670. The molecule has 1 aromatic heterocycles. The number of hydrogen-bond donors (Lipinski definition) is 3. The summed E-state index contributed by atoms with van der Waals surface area (Å²) >= 11 is 0. The van der Waals surface area contributed by atoms with Crippen molar-refractivity contribution in [2.45, 2.75) is 64.7 Å². The fourth-order valence-corrected chi connectivity index (χ4v) is 4.79. The molecule has 5 nitrogen and oxygen atoms in total. The third-order valence-corrected chi connectivity index (χ3v) is 6.94. The van der Waals surface area contributed by atoms with Gasteiger partial charge in [-0.1, -0.05) is 75.1 Å². The number of unbranched alkanes of at least 4 members (excludes halogenated alkanes) is 5. The van der Waals surface area contributed by atoms with Crippen molar-refractivity contribution in [3.05, 3.63) is 71.9 Å². The molecule has 6 heteroatoms. The summed E-state index contributed by atoms with van der Waals surface area (Å²) in [5, 5.41) is 10.0. The van der Waals surface area contributed by atoms with Crippen LogP contribution in [0.25, 0.3) is 22.4 Å². The van der Waals surface area contributed by atoms with E-state index in [0.717, 1.165) is 53.8 Å². The van der Waals surface area contributed by atoms with Gasteiger partial charge >= 0.3 is 7.60 Å². The summed E-state index contributed by atoms with van der Waals surface area (Å²) in [6.45, 7) is 2.23. The number of aromatic hydroxyl groups is 1. The second-order valence-corrected chi connectivity index (χ2v) is 10.7. The molecule has 0 saturated heterocycles. The molecule has 3 rings (SSSR count). The number of rotatable bonds is 13. The van der Waals surface area contributed by atoms with E-state index in [-0.39, 0.29) is 11.9 Å². The van der Waals surface area contributed by atoms with E-state index in [1.54, 1.807) is 12.1 Å². The van der Waals surface area contributed by atoms with Gasteiger partial charge in [-0.2, -0.15) is 0 Å². The van der Waals surface area contributed by atoms with Crippen LogP contribution in [-0.4, -0.2) is 26.0 Å². The van der Waals surface area contributed by atoms with Crippen molar-refractivity contribution >= 4 is 7.60 Å². The molecule has 0 radical (unpaired) electrons. The molecule has 0 atom stereocenters. The summed E-state index contributed by atoms with van der Waals surface area (Å²) < 4.78 is 11.0. The van der Waals surface area contributed by atoms with Gasteiger partial charge in [-0.05, 0) is 61.4 Å². The summed E-state index contributed by atoms with van der Waals surface area (Å²) in [4.78, 5) is 23.0. The van der Waals surface area contributed by atoms with Crippen molar-refractivity contribution in [3.63, 3.8) is 0 Å². The summed E-state index contributed by atoms with van der Waals surface area (Å²) in [6, 6.07) is 20.0. The highest BCUT2D eigenvalue weighted by Crippen LogP contribution is 2.36. The average Bonchev–Trinajstić information content (AvgIpc) is 2.81. The van der Waals surface area contributed by atoms with Gasteiger partial charge in [-0.15, -0.1) is 0 Å². The largest absolute Gasteiger partial charge is 0.508 e. The van der Waals surface area contributed by atoms with Crippen LogP contribution in [0, 0.1) is 0 Å². The Labute approximate surface area is 203 Å². The van der Waals surface area contributed by atoms with Crippen molar-refractivity contribution < 1.29 is 19.5 Å². The maximum absolute atomic E-state index is 11.0. The lowest BCUT2D eigenvalue weighted by Gasteiger charge is -2.13. The smallest absolute Gasteiger partial charge is 0.325 e. The van der Waals surface area contributed by atoms with Crippen molar-refractivity contribution in [2.24, 2.45) is 0 Å². The molecule has 0 aliphatic heterocycles. The lowest BCUT2D eigenvalue weighted by atomic mass is 9.96. The Morgan fingerprint density at radius 3 is 2.24 bits per heavy atom. The van der Waals surface area contributed by atoms with Crippen LogP contribution in [0.5, 0.6) is 5.75 Å². The standard InChI is InChI=1S/C28H36NO4P/c1-2-3-4-6-10-22-14-16-23(17-15-22)27-19-18-25(12-7-5-8-20-34(31,32)33)29-28(27)24-11-9-13-26(30)21-24/h9,11,13-19,21,30H,2-8,10,12,20H2,1H3,(H2,31,32,33). The fourth-order valence-electron chi connectivity index (χ4n) is 4.15. The van der Waals surface area contributed by atoms with Crippen molar-refractivity contribution in [1.29, 1.82) is 0 Å². The van der Waals surface area contributed by atoms with E-state index in [0.29, 0.717) is 6.42 Å². The molecule has 0 aliphatic carbocycles. The van der Waals surface area contributed by atoms with E-state index < -0.39 is 7.60 Å². The van der Waals surface area contributed by atoms with Crippen molar-refractivity contribution in [1.82, 2.24) is 4.98 Å². The zero-order chi connectivity index (χ0) is 24.4. The third-order valence-electron chi connectivity index (χ3n) is 6.04. The Bertz CT molecular complexity index is 1090. The SMILES string of the molecule is CCCCCCc1ccc(-c2ccc(CCCCCP(=O)(O)O)nc2-c2cccc(O)c2)cc1. The van der Waals surface area contributed by atoms with Gasteiger partial charge < -0.3 is 14.9 Å². The Morgan fingerprint density at radius 2 is 1.53 bits per heavy atom. The first kappa shape index (κ1) is 26.2. The molecular weight excluding hydrogens is 445 g/mol. The molecule has 0 bridgehead atoms. The van der Waals surface area contributed by atoms with Crippen LogP contribution in [0.4, 0.5) is 0 Å². The van der Waals surface area contributed by atoms with Gasteiger partial charge in [0.15, 0.2) is 0 Å². The summed E-state index contributed by atoms with van der Waals surface area (Å²) in [5.41, 5.74) is 6.09. The molecule has 3 N–H and O–H groups in total. The number of aryl methyl sites for hydroxylation is 2. The quantitative estimate of drug-likeness (QED) is 0.178. The van der Waals surface area contributed by atoms with Crippen LogP contribution < -0.4 is 0 Å². The van der Waals surface area contributed by atoms with E-state index in [2.05, 4.69) is 37.3 Å². The molecule has 0 aliphatic rings. The normalized spacial score (nSPS) is 11.6. The molecular formula is C28H36NO4P. The Morgan fingerprint density at radius 1 is 0.794 bits per heavy atom. The van der Waals surface area contributed by atoms with Crippen LogP contribution in [-0.2, 0) is 17.4 Å². The van der Waals surface area contributed by atoms with Crippen molar-refractivity contribution in [3.8, 4) is 28.1 Å². The maximum Gasteiger partial charge on any atom is 0.325 e. The molecule has 0 fully saturated rings. The van der Waals surface area contributed by atoms with Gasteiger partial charge in [0.2, 0.25) is 0 Å². The number of hydrogen-bond acceptors (Lipinski definition) is 3. The second-order valence-electron chi connectivity index (χ2n) is 8.96. The minimum atomic E-state index is -3.92. The number of phenolic OH excluding ortho intramolecular Hbond substituents is 1. The van der Waals surface area contributed by atoms with Gasteiger partial charge in [0.1, 0.15) is 5.75 Å².